The molecule has 44 heavy (non-hydrogen) atoms. The summed E-state index contributed by atoms with van der Waals surface area (Å²) in [7, 11) is -5.15. The van der Waals surface area contributed by atoms with Crippen LogP contribution in [0.5, 0.6) is 5.75 Å². The second-order valence-electron chi connectivity index (χ2n) is 9.39. The topological polar surface area (TPSA) is 310 Å². The fraction of sp³-hybridized carbons (Fsp3) is 0.273. The van der Waals surface area contributed by atoms with E-state index in [1.807, 2.05) is 0 Å². The van der Waals surface area contributed by atoms with Crippen molar-refractivity contribution in [1.29, 1.82) is 0 Å². The molecule has 3 aromatic heterocycles. The van der Waals surface area contributed by atoms with Crippen LogP contribution in [0.4, 0.5) is 5.13 Å². The summed E-state index contributed by atoms with van der Waals surface area (Å²) in [4.78, 5) is 76.9. The zero-order valence-corrected chi connectivity index (χ0v) is 24.0. The van der Waals surface area contributed by atoms with E-state index < -0.39 is 75.1 Å². The molecule has 1 fully saturated rings. The van der Waals surface area contributed by atoms with E-state index in [4.69, 9.17) is 15.0 Å². The first-order chi connectivity index (χ1) is 20.5. The Bertz CT molecular complexity index is 1840. The van der Waals surface area contributed by atoms with Crippen LogP contribution >= 0.6 is 11.3 Å². The van der Waals surface area contributed by atoms with Crippen molar-refractivity contribution in [2.45, 2.75) is 31.5 Å². The molecule has 2 atom stereocenters. The average Bonchev–Trinajstić information content (AvgIpc) is 3.60. The van der Waals surface area contributed by atoms with Gasteiger partial charge in [0.2, 0.25) is 16.9 Å². The zero-order valence-electron chi connectivity index (χ0n) is 22.4. The first-order valence-electron chi connectivity index (χ1n) is 12.0. The number of aromatic amines is 1. The zero-order chi connectivity index (χ0) is 32.6. The number of thiazole rings is 1. The Morgan fingerprint density at radius 2 is 1.98 bits per heavy atom. The Hall–Kier alpha value is -5.35. The molecule has 0 aliphatic carbocycles. The number of carboxylic acids is 1. The molecule has 0 saturated carbocycles. The highest BCUT2D eigenvalue weighted by Crippen LogP contribution is 2.24. The SMILES string of the molecule is CC(C)(ON=C(C(=O)N[C@@H]1C(=O)N(S(=O)(=O)O)[C@H]1CNC(=O)c1coc(-c2cc(=O)c(O)c[nH]2)n1)c1csc(N)n1)C(=O)O. The molecule has 1 aliphatic rings. The second kappa shape index (κ2) is 11.7. The molecule has 8 N–H and O–H groups in total. The maximum atomic E-state index is 13.2. The summed E-state index contributed by atoms with van der Waals surface area (Å²) in [6.45, 7) is 1.64. The third kappa shape index (κ3) is 6.50. The van der Waals surface area contributed by atoms with Gasteiger partial charge in [-0.3, -0.25) is 23.7 Å². The molecular weight excluding hydrogens is 632 g/mol. The number of nitrogens with zero attached hydrogens (tertiary/aromatic N) is 4. The smallest absolute Gasteiger partial charge is 0.362 e. The number of nitrogens with one attached hydrogen (secondary N) is 3. The predicted molar refractivity (Wildman–Crippen MR) is 147 cm³/mol. The van der Waals surface area contributed by atoms with Gasteiger partial charge in [-0.05, 0) is 13.8 Å². The summed E-state index contributed by atoms with van der Waals surface area (Å²) >= 11 is 0.901. The molecule has 3 aromatic rings. The number of H-pyrrole nitrogens is 1. The van der Waals surface area contributed by atoms with Crippen molar-refractivity contribution in [3.8, 4) is 17.3 Å². The number of hydrogen-bond donors (Lipinski definition) is 7. The van der Waals surface area contributed by atoms with Crippen LogP contribution in [0, 0.1) is 0 Å². The number of carbonyl (C=O) groups excluding carboxylic acids is 3. The maximum absolute atomic E-state index is 13.2. The lowest BCUT2D eigenvalue weighted by Crippen LogP contribution is -2.74. The standard InChI is InChI=1S/C22H22N8O12S2/c1-22(2,20(36)37)42-29-14(10-7-43-21(23)27-10)17(34)28-15-11(30(19(15)35)44(38,39)40)4-25-16(33)9-6-41-18(26-9)8-3-12(31)13(32)5-24-8/h3,5-7,11,15,32H,4H2,1-2H3,(H2,23,27)(H,24,31)(H,25,33)(H,28,34)(H,36,37)(H,38,39,40)/t11-,15-/m0/s1. The normalized spacial score (nSPS) is 17.1. The van der Waals surface area contributed by atoms with Gasteiger partial charge >= 0.3 is 16.3 Å². The van der Waals surface area contributed by atoms with Gasteiger partial charge in [-0.2, -0.15) is 8.42 Å². The first kappa shape index (κ1) is 31.6. The highest BCUT2D eigenvalue weighted by molar-refractivity contribution is 7.84. The minimum Gasteiger partial charge on any atom is -0.503 e. The van der Waals surface area contributed by atoms with Crippen molar-refractivity contribution in [2.24, 2.45) is 5.16 Å². The minimum absolute atomic E-state index is 0.00337. The summed E-state index contributed by atoms with van der Waals surface area (Å²) in [5, 5.41) is 28.0. The van der Waals surface area contributed by atoms with E-state index >= 15 is 0 Å². The van der Waals surface area contributed by atoms with E-state index in [-0.39, 0.29) is 32.4 Å². The molecule has 3 amide bonds. The van der Waals surface area contributed by atoms with Crippen molar-refractivity contribution in [2.75, 3.05) is 12.3 Å². The van der Waals surface area contributed by atoms with Crippen molar-refractivity contribution in [3.05, 3.63) is 45.5 Å². The van der Waals surface area contributed by atoms with Gasteiger partial charge in [0.05, 0.1) is 6.04 Å². The van der Waals surface area contributed by atoms with Gasteiger partial charge < -0.3 is 40.8 Å². The van der Waals surface area contributed by atoms with Gasteiger partial charge in [0.15, 0.2) is 22.3 Å². The number of carboxylic acid groups (broad SMARTS) is 1. The van der Waals surface area contributed by atoms with Gasteiger partial charge in [-0.15, -0.1) is 11.3 Å². The number of pyridine rings is 1. The van der Waals surface area contributed by atoms with Crippen LogP contribution in [-0.2, 0) is 29.5 Å². The Morgan fingerprint density at radius 3 is 2.57 bits per heavy atom. The Morgan fingerprint density at radius 1 is 1.27 bits per heavy atom. The van der Waals surface area contributed by atoms with E-state index in [2.05, 4.69) is 30.7 Å². The van der Waals surface area contributed by atoms with Crippen molar-refractivity contribution in [3.63, 3.8) is 0 Å². The molecular formula is C22H22N8O12S2. The molecule has 0 spiro atoms. The number of aromatic nitrogens is 3. The van der Waals surface area contributed by atoms with Crippen LogP contribution in [-0.4, -0.2) is 96.1 Å². The third-order valence-corrected chi connectivity index (χ3v) is 7.52. The molecule has 0 aromatic carbocycles. The number of aromatic hydroxyl groups is 1. The largest absolute Gasteiger partial charge is 0.503 e. The molecule has 0 bridgehead atoms. The monoisotopic (exact) mass is 654 g/mol. The van der Waals surface area contributed by atoms with Crippen LogP contribution in [0.25, 0.3) is 11.6 Å². The average molecular weight is 655 g/mol. The van der Waals surface area contributed by atoms with Gasteiger partial charge in [0, 0.05) is 24.2 Å². The van der Waals surface area contributed by atoms with Gasteiger partial charge in [0.1, 0.15) is 23.7 Å². The van der Waals surface area contributed by atoms with Crippen LogP contribution in [0.2, 0.25) is 0 Å². The lowest BCUT2D eigenvalue weighted by Gasteiger charge is -2.44. The fourth-order valence-electron chi connectivity index (χ4n) is 3.55. The van der Waals surface area contributed by atoms with Crippen LogP contribution < -0.4 is 21.8 Å². The lowest BCUT2D eigenvalue weighted by molar-refractivity contribution is -0.161. The van der Waals surface area contributed by atoms with Gasteiger partial charge in [-0.25, -0.2) is 19.1 Å². The summed E-state index contributed by atoms with van der Waals surface area (Å²) in [5.74, 6) is -5.58. The number of nitrogen functional groups attached to an aromatic ring is 1. The third-order valence-electron chi connectivity index (χ3n) is 5.90. The number of hydrogen-bond acceptors (Lipinski definition) is 15. The molecule has 4 heterocycles. The highest BCUT2D eigenvalue weighted by atomic mass is 32.2. The number of rotatable bonds is 11. The van der Waals surface area contributed by atoms with Crippen LogP contribution in [0.15, 0.2) is 38.3 Å². The van der Waals surface area contributed by atoms with Crippen LogP contribution in [0.3, 0.4) is 0 Å². The number of aliphatic carboxylic acids is 1. The molecule has 22 heteroatoms. The summed E-state index contributed by atoms with van der Waals surface area (Å²) in [5.41, 5.74) is 1.87. The van der Waals surface area contributed by atoms with Gasteiger partial charge in [0.25, 0.3) is 17.7 Å². The summed E-state index contributed by atoms with van der Waals surface area (Å²) in [6, 6.07) is -2.23. The van der Waals surface area contributed by atoms with E-state index in [1.54, 1.807) is 0 Å². The maximum Gasteiger partial charge on any atom is 0.362 e. The first-order valence-corrected chi connectivity index (χ1v) is 14.3. The number of anilines is 1. The predicted octanol–water partition coefficient (Wildman–Crippen LogP) is -1.71. The summed E-state index contributed by atoms with van der Waals surface area (Å²) in [6.07, 6.45) is 1.88. The number of oxime groups is 1. The number of β-lactam (4-membered cyclic amide) rings is 1. The number of nitrogens with two attached hydrogens (primary N) is 1. The highest BCUT2D eigenvalue weighted by Gasteiger charge is 2.54. The molecule has 1 aliphatic heterocycles. The summed E-state index contributed by atoms with van der Waals surface area (Å²) < 4.78 is 38.5. The van der Waals surface area contributed by atoms with Crippen LogP contribution in [0.1, 0.15) is 30.0 Å². The van der Waals surface area contributed by atoms with E-state index in [1.165, 1.54) is 5.38 Å². The van der Waals surface area contributed by atoms with Gasteiger partial charge in [-0.1, -0.05) is 5.16 Å². The number of carbonyl (C=O) groups is 4. The van der Waals surface area contributed by atoms with Crippen molar-refractivity contribution in [1.82, 2.24) is 29.9 Å². The molecule has 20 nitrogen and oxygen atoms in total. The molecule has 0 unspecified atom stereocenters. The quantitative estimate of drug-likeness (QED) is 0.0524. The fourth-order valence-corrected chi connectivity index (χ4v) is 4.98. The lowest BCUT2D eigenvalue weighted by atomic mass is 9.98. The Balaban J connectivity index is 1.52. The minimum atomic E-state index is -5.15. The molecule has 1 saturated heterocycles. The molecule has 4 rings (SSSR count). The molecule has 0 radical (unpaired) electrons. The Labute approximate surface area is 249 Å². The van der Waals surface area contributed by atoms with E-state index in [9.17, 15) is 47.2 Å². The second-order valence-corrected chi connectivity index (χ2v) is 11.6. The molecule has 234 valence electrons. The van der Waals surface area contributed by atoms with E-state index in [0.29, 0.717) is 0 Å². The van der Waals surface area contributed by atoms with E-state index in [0.717, 1.165) is 43.7 Å². The number of oxazole rings is 1. The van der Waals surface area contributed by atoms with Crippen molar-refractivity contribution < 1.29 is 51.6 Å². The Kier molecular flexibility index (Phi) is 8.42. The van der Waals surface area contributed by atoms with Crippen molar-refractivity contribution >= 4 is 56.2 Å². The number of amides is 3.